The van der Waals surface area contributed by atoms with Crippen LogP contribution < -0.4 is 9.64 Å². The normalized spacial score (nSPS) is 14.6. The van der Waals surface area contributed by atoms with Crippen LogP contribution in [0.1, 0.15) is 27.9 Å². The summed E-state index contributed by atoms with van der Waals surface area (Å²) in [7, 11) is 0. The Balaban J connectivity index is 0.00000380. The Morgan fingerprint density at radius 2 is 1.59 bits per heavy atom. The van der Waals surface area contributed by atoms with Gasteiger partial charge in [0.1, 0.15) is 30.1 Å². The highest BCUT2D eigenvalue weighted by molar-refractivity contribution is 5.98. The number of halogens is 3. The number of aryl methyl sites for hydroxylation is 2. The van der Waals surface area contributed by atoms with Crippen LogP contribution in [0.5, 0.6) is 5.75 Å². The van der Waals surface area contributed by atoms with Gasteiger partial charge in [-0.2, -0.15) is 0 Å². The number of carbonyl (C=O) groups excluding carboxylic acids is 1. The number of ketones is 1. The van der Waals surface area contributed by atoms with Crippen LogP contribution in [0, 0.1) is 18.6 Å². The molecule has 8 heteroatoms. The molecule has 198 valence electrons. The van der Waals surface area contributed by atoms with E-state index in [9.17, 15) is 18.7 Å². The van der Waals surface area contributed by atoms with Crippen LogP contribution in [0.2, 0.25) is 0 Å². The fourth-order valence-corrected chi connectivity index (χ4v) is 4.37. The quantitative estimate of drug-likeness (QED) is 0.371. The molecule has 3 aromatic carbocycles. The monoisotopic (exact) mass is 530 g/mol. The molecule has 1 N–H and O–H groups in total. The van der Waals surface area contributed by atoms with E-state index in [1.807, 2.05) is 0 Å². The molecule has 1 atom stereocenters. The van der Waals surface area contributed by atoms with E-state index in [2.05, 4.69) is 41.0 Å². The number of rotatable bonds is 10. The van der Waals surface area contributed by atoms with Crippen LogP contribution in [-0.2, 0) is 6.42 Å². The Kier molecular flexibility index (Phi) is 10.4. The molecular formula is C29H33ClF2N2O3. The zero-order valence-electron chi connectivity index (χ0n) is 20.9. The second kappa shape index (κ2) is 13.5. The third kappa shape index (κ3) is 8.25. The first kappa shape index (κ1) is 28.6. The van der Waals surface area contributed by atoms with Crippen LogP contribution in [0.3, 0.4) is 0 Å². The number of piperazine rings is 1. The van der Waals surface area contributed by atoms with Crippen molar-refractivity contribution in [3.8, 4) is 5.75 Å². The maximum Gasteiger partial charge on any atom is 0.167 e. The first-order chi connectivity index (χ1) is 17.4. The van der Waals surface area contributed by atoms with Crippen molar-refractivity contribution in [2.24, 2.45) is 0 Å². The first-order valence-corrected chi connectivity index (χ1v) is 12.3. The van der Waals surface area contributed by atoms with Crippen molar-refractivity contribution in [1.82, 2.24) is 4.90 Å². The molecule has 0 aliphatic carbocycles. The van der Waals surface area contributed by atoms with Gasteiger partial charge in [0.25, 0.3) is 0 Å². The average Bonchev–Trinajstić information content (AvgIpc) is 2.88. The summed E-state index contributed by atoms with van der Waals surface area (Å²) in [4.78, 5) is 17.3. The summed E-state index contributed by atoms with van der Waals surface area (Å²) in [6.45, 7) is 5.94. The highest BCUT2D eigenvalue weighted by Crippen LogP contribution is 2.23. The van der Waals surface area contributed by atoms with Crippen molar-refractivity contribution in [3.05, 3.63) is 95.1 Å². The molecule has 1 heterocycles. The van der Waals surface area contributed by atoms with Crippen LogP contribution in [0.25, 0.3) is 0 Å². The van der Waals surface area contributed by atoms with Gasteiger partial charge in [-0.1, -0.05) is 29.8 Å². The number of aliphatic hydroxyl groups excluding tert-OH is 1. The van der Waals surface area contributed by atoms with E-state index < -0.39 is 11.9 Å². The average molecular weight is 531 g/mol. The van der Waals surface area contributed by atoms with Crippen molar-refractivity contribution in [3.63, 3.8) is 0 Å². The van der Waals surface area contributed by atoms with Crippen molar-refractivity contribution >= 4 is 23.9 Å². The van der Waals surface area contributed by atoms with E-state index in [0.717, 1.165) is 31.7 Å². The fourth-order valence-electron chi connectivity index (χ4n) is 4.37. The summed E-state index contributed by atoms with van der Waals surface area (Å²) in [5.41, 5.74) is 3.41. The molecule has 3 aromatic rings. The molecule has 4 rings (SSSR count). The van der Waals surface area contributed by atoms with Gasteiger partial charge in [0.15, 0.2) is 5.78 Å². The molecule has 1 aliphatic heterocycles. The lowest BCUT2D eigenvalue weighted by Crippen LogP contribution is -2.49. The topological polar surface area (TPSA) is 53.0 Å². The Bertz CT molecular complexity index is 1150. The second-order valence-electron chi connectivity index (χ2n) is 9.28. The van der Waals surface area contributed by atoms with Crippen LogP contribution in [0.4, 0.5) is 14.5 Å². The maximum atomic E-state index is 13.9. The fraction of sp³-hybridized carbons (Fsp3) is 0.345. The van der Waals surface area contributed by atoms with Gasteiger partial charge in [0.2, 0.25) is 0 Å². The van der Waals surface area contributed by atoms with Gasteiger partial charge in [-0.05, 0) is 61.4 Å². The number of β-amino-alcohol motifs (C(OH)–C–C–N with tert-alkyl or cyclic N) is 1. The summed E-state index contributed by atoms with van der Waals surface area (Å²) in [5, 5.41) is 10.6. The van der Waals surface area contributed by atoms with Gasteiger partial charge in [-0.25, -0.2) is 8.78 Å². The molecule has 0 bridgehead atoms. The van der Waals surface area contributed by atoms with Crippen LogP contribution >= 0.6 is 12.4 Å². The summed E-state index contributed by atoms with van der Waals surface area (Å²) in [6.07, 6.45) is -0.200. The number of hydrogen-bond donors (Lipinski definition) is 1. The highest BCUT2D eigenvalue weighted by atomic mass is 35.5. The first-order valence-electron chi connectivity index (χ1n) is 12.3. The van der Waals surface area contributed by atoms with Crippen molar-refractivity contribution < 1.29 is 23.4 Å². The molecule has 37 heavy (non-hydrogen) atoms. The molecule has 0 spiro atoms. The molecule has 1 saturated heterocycles. The number of hydrogen-bond acceptors (Lipinski definition) is 5. The van der Waals surface area contributed by atoms with Crippen molar-refractivity contribution in [2.75, 3.05) is 44.2 Å². The third-order valence-electron chi connectivity index (χ3n) is 6.47. The lowest BCUT2D eigenvalue weighted by molar-refractivity contribution is 0.0655. The molecule has 1 fully saturated rings. The lowest BCUT2D eigenvalue weighted by atomic mass is 10.0. The number of carbonyl (C=O) groups is 1. The zero-order valence-corrected chi connectivity index (χ0v) is 21.7. The third-order valence-corrected chi connectivity index (χ3v) is 6.47. The largest absolute Gasteiger partial charge is 0.490 e. The number of nitrogens with zero attached hydrogens (tertiary/aromatic N) is 2. The SMILES string of the molecule is Cc1ccc(N2CCN(CC(O)COc3ccc(F)cc3C(=O)CCc3ccc(F)cc3)CC2)cc1.Cl. The smallest absolute Gasteiger partial charge is 0.167 e. The molecule has 0 saturated carbocycles. The van der Waals surface area contributed by atoms with Gasteiger partial charge >= 0.3 is 0 Å². The van der Waals surface area contributed by atoms with Crippen LogP contribution in [0.15, 0.2) is 66.7 Å². The molecular weight excluding hydrogens is 498 g/mol. The molecule has 1 unspecified atom stereocenters. The summed E-state index contributed by atoms with van der Waals surface area (Å²) in [5.74, 6) is -0.878. The Morgan fingerprint density at radius 3 is 2.27 bits per heavy atom. The molecule has 0 radical (unpaired) electrons. The number of benzene rings is 3. The number of Topliss-reactive ketones (excluding diaryl/α,β-unsaturated/α-hetero) is 1. The van der Waals surface area contributed by atoms with Gasteiger partial charge in [-0.15, -0.1) is 12.4 Å². The second-order valence-corrected chi connectivity index (χ2v) is 9.28. The molecule has 5 nitrogen and oxygen atoms in total. The van der Waals surface area contributed by atoms with Crippen molar-refractivity contribution in [1.29, 1.82) is 0 Å². The van der Waals surface area contributed by atoms with Gasteiger partial charge in [-0.3, -0.25) is 9.69 Å². The molecule has 0 aromatic heterocycles. The number of aliphatic hydroxyl groups is 1. The van der Waals surface area contributed by atoms with E-state index in [4.69, 9.17) is 4.74 Å². The van der Waals surface area contributed by atoms with Gasteiger partial charge < -0.3 is 14.7 Å². The van der Waals surface area contributed by atoms with E-state index in [-0.39, 0.29) is 48.3 Å². The number of anilines is 1. The standard InChI is InChI=1S/C29H32F2N2O3.ClH/c1-21-2-10-25(11-3-21)33-16-14-32(15-17-33)19-26(34)20-36-29-13-9-24(31)18-27(29)28(35)12-6-22-4-7-23(30)8-5-22;/h2-5,7-11,13,18,26,34H,6,12,14-17,19-20H2,1H3;1H. The van der Waals surface area contributed by atoms with E-state index >= 15 is 0 Å². The van der Waals surface area contributed by atoms with Gasteiger partial charge in [0, 0.05) is 44.8 Å². The molecule has 1 aliphatic rings. The zero-order chi connectivity index (χ0) is 25.5. The molecule has 0 amide bonds. The Hall–Kier alpha value is -3.00. The minimum atomic E-state index is -0.747. The summed E-state index contributed by atoms with van der Waals surface area (Å²) < 4.78 is 32.7. The predicted octanol–water partition coefficient (Wildman–Crippen LogP) is 5.07. The van der Waals surface area contributed by atoms with E-state index in [1.54, 1.807) is 12.1 Å². The van der Waals surface area contributed by atoms with Gasteiger partial charge in [0.05, 0.1) is 5.56 Å². The van der Waals surface area contributed by atoms with Crippen LogP contribution in [-0.4, -0.2) is 61.2 Å². The Labute approximate surface area is 223 Å². The van der Waals surface area contributed by atoms with E-state index in [1.165, 1.54) is 41.6 Å². The minimum Gasteiger partial charge on any atom is -0.490 e. The highest BCUT2D eigenvalue weighted by Gasteiger charge is 2.21. The summed E-state index contributed by atoms with van der Waals surface area (Å²) in [6, 6.07) is 18.3. The van der Waals surface area contributed by atoms with E-state index in [0.29, 0.717) is 13.0 Å². The summed E-state index contributed by atoms with van der Waals surface area (Å²) >= 11 is 0. The number of ether oxygens (including phenoxy) is 1. The van der Waals surface area contributed by atoms with Crippen molar-refractivity contribution in [2.45, 2.75) is 25.9 Å². The predicted molar refractivity (Wildman–Crippen MR) is 144 cm³/mol. The minimum absolute atomic E-state index is 0. The lowest BCUT2D eigenvalue weighted by Gasteiger charge is -2.37. The maximum absolute atomic E-state index is 13.9. The Morgan fingerprint density at radius 1 is 0.946 bits per heavy atom.